The van der Waals surface area contributed by atoms with E-state index in [1.165, 1.54) is 45.9 Å². The topological polar surface area (TPSA) is 58.8 Å². The van der Waals surface area contributed by atoms with Gasteiger partial charge in [0.1, 0.15) is 0 Å². The summed E-state index contributed by atoms with van der Waals surface area (Å²) < 4.78 is 5.24. The van der Waals surface area contributed by atoms with E-state index in [9.17, 15) is 10.1 Å². The SMILES string of the molecule is COc1cc(N2CCC3(CCN(C)CC3)CC2)c(C)cc1[N+](=O)[O-]. The number of hydrogen-bond donors (Lipinski definition) is 0. The molecule has 1 aromatic rings. The lowest BCUT2D eigenvalue weighted by atomic mass is 9.71. The van der Waals surface area contributed by atoms with Gasteiger partial charge in [0.05, 0.1) is 12.0 Å². The van der Waals surface area contributed by atoms with E-state index < -0.39 is 0 Å². The highest BCUT2D eigenvalue weighted by molar-refractivity contribution is 5.64. The predicted molar refractivity (Wildman–Crippen MR) is 95.0 cm³/mol. The first-order valence-corrected chi connectivity index (χ1v) is 8.71. The Balaban J connectivity index is 1.76. The zero-order valence-electron chi connectivity index (χ0n) is 14.9. The largest absolute Gasteiger partial charge is 0.490 e. The Morgan fingerprint density at radius 3 is 2.25 bits per heavy atom. The number of nitro groups is 1. The van der Waals surface area contributed by atoms with Crippen LogP contribution in [0.25, 0.3) is 0 Å². The van der Waals surface area contributed by atoms with Gasteiger partial charge in [-0.25, -0.2) is 0 Å². The molecule has 0 saturated carbocycles. The molecule has 2 heterocycles. The first-order chi connectivity index (χ1) is 11.4. The minimum Gasteiger partial charge on any atom is -0.490 e. The van der Waals surface area contributed by atoms with Gasteiger partial charge in [0.15, 0.2) is 5.75 Å². The fourth-order valence-electron chi connectivity index (χ4n) is 4.12. The van der Waals surface area contributed by atoms with Gasteiger partial charge in [0.2, 0.25) is 0 Å². The van der Waals surface area contributed by atoms with E-state index in [0.29, 0.717) is 11.2 Å². The summed E-state index contributed by atoms with van der Waals surface area (Å²) in [7, 11) is 3.69. The highest BCUT2D eigenvalue weighted by Crippen LogP contribution is 2.43. The lowest BCUT2D eigenvalue weighted by Gasteiger charge is -2.47. The summed E-state index contributed by atoms with van der Waals surface area (Å²) in [4.78, 5) is 15.6. The Morgan fingerprint density at radius 1 is 1.12 bits per heavy atom. The van der Waals surface area contributed by atoms with Crippen LogP contribution < -0.4 is 9.64 Å². The molecule has 3 rings (SSSR count). The molecule has 6 heteroatoms. The molecule has 2 fully saturated rings. The van der Waals surface area contributed by atoms with E-state index in [0.717, 1.165) is 24.3 Å². The third-order valence-corrected chi connectivity index (χ3v) is 5.91. The second-order valence-corrected chi connectivity index (χ2v) is 7.36. The third kappa shape index (κ3) is 3.20. The number of aryl methyl sites for hydroxylation is 1. The van der Waals surface area contributed by atoms with Crippen LogP contribution in [0, 0.1) is 22.5 Å². The molecule has 0 amide bonds. The van der Waals surface area contributed by atoms with Gasteiger partial charge in [-0.3, -0.25) is 10.1 Å². The Morgan fingerprint density at radius 2 is 1.71 bits per heavy atom. The van der Waals surface area contributed by atoms with Gasteiger partial charge in [-0.2, -0.15) is 0 Å². The van der Waals surface area contributed by atoms with E-state index in [1.807, 2.05) is 13.0 Å². The average Bonchev–Trinajstić information content (AvgIpc) is 2.58. The minimum atomic E-state index is -0.376. The fraction of sp³-hybridized carbons (Fsp3) is 0.667. The van der Waals surface area contributed by atoms with Gasteiger partial charge >= 0.3 is 5.69 Å². The van der Waals surface area contributed by atoms with Crippen LogP contribution in [0.15, 0.2) is 12.1 Å². The van der Waals surface area contributed by atoms with Gasteiger partial charge in [0, 0.05) is 30.9 Å². The smallest absolute Gasteiger partial charge is 0.311 e. The van der Waals surface area contributed by atoms with Crippen molar-refractivity contribution >= 4 is 11.4 Å². The molecule has 2 aliphatic heterocycles. The molecule has 0 unspecified atom stereocenters. The van der Waals surface area contributed by atoms with E-state index >= 15 is 0 Å². The number of anilines is 1. The Labute approximate surface area is 143 Å². The van der Waals surface area contributed by atoms with E-state index in [-0.39, 0.29) is 10.6 Å². The number of methoxy groups -OCH3 is 1. The summed E-state index contributed by atoms with van der Waals surface area (Å²) in [6.07, 6.45) is 5.00. The lowest BCUT2D eigenvalue weighted by molar-refractivity contribution is -0.385. The molecule has 1 spiro atoms. The van der Waals surface area contributed by atoms with Gasteiger partial charge in [-0.15, -0.1) is 0 Å². The number of nitro benzene ring substituents is 1. The predicted octanol–water partition coefficient (Wildman–Crippen LogP) is 3.22. The molecule has 0 aliphatic carbocycles. The molecule has 1 aromatic carbocycles. The van der Waals surface area contributed by atoms with Crippen molar-refractivity contribution in [2.24, 2.45) is 5.41 Å². The van der Waals surface area contributed by atoms with Crippen LogP contribution in [-0.2, 0) is 0 Å². The number of nitrogens with zero attached hydrogens (tertiary/aromatic N) is 3. The molecule has 2 aliphatic rings. The molecule has 2 saturated heterocycles. The van der Waals surface area contributed by atoms with Crippen LogP contribution in [0.1, 0.15) is 31.2 Å². The monoisotopic (exact) mass is 333 g/mol. The maximum Gasteiger partial charge on any atom is 0.311 e. The van der Waals surface area contributed by atoms with E-state index in [1.54, 1.807) is 6.07 Å². The number of likely N-dealkylation sites (tertiary alicyclic amines) is 1. The van der Waals surface area contributed by atoms with Crippen molar-refractivity contribution in [3.8, 4) is 5.75 Å². The molecular weight excluding hydrogens is 306 g/mol. The Hall–Kier alpha value is -1.82. The van der Waals surface area contributed by atoms with Gasteiger partial charge in [0.25, 0.3) is 0 Å². The summed E-state index contributed by atoms with van der Waals surface area (Å²) in [5, 5.41) is 11.2. The standard InChI is InChI=1S/C18H27N3O3/c1-14-12-16(21(22)23)17(24-3)13-15(14)20-10-6-18(7-11-20)4-8-19(2)9-5-18/h12-13H,4-11H2,1-3H3. The maximum atomic E-state index is 11.2. The van der Waals surface area contributed by atoms with Gasteiger partial charge < -0.3 is 14.5 Å². The van der Waals surface area contributed by atoms with Crippen molar-refractivity contribution in [3.63, 3.8) is 0 Å². The molecule has 0 N–H and O–H groups in total. The maximum absolute atomic E-state index is 11.2. The number of hydrogen-bond acceptors (Lipinski definition) is 5. The van der Waals surface area contributed by atoms with Crippen LogP contribution in [0.3, 0.4) is 0 Å². The van der Waals surface area contributed by atoms with Crippen LogP contribution in [0.5, 0.6) is 5.75 Å². The first kappa shape index (κ1) is 17.0. The molecule has 24 heavy (non-hydrogen) atoms. The number of rotatable bonds is 3. The first-order valence-electron chi connectivity index (χ1n) is 8.71. The molecular formula is C18H27N3O3. The van der Waals surface area contributed by atoms with Gasteiger partial charge in [-0.05, 0) is 63.7 Å². The minimum absolute atomic E-state index is 0.0440. The zero-order valence-corrected chi connectivity index (χ0v) is 14.9. The quantitative estimate of drug-likeness (QED) is 0.628. The summed E-state index contributed by atoms with van der Waals surface area (Å²) in [5.41, 5.74) is 2.56. The Bertz CT molecular complexity index is 614. The number of piperidine rings is 2. The second kappa shape index (κ2) is 6.59. The molecule has 0 aromatic heterocycles. The van der Waals surface area contributed by atoms with Crippen LogP contribution in [0.2, 0.25) is 0 Å². The summed E-state index contributed by atoms with van der Waals surface area (Å²) in [6, 6.07) is 3.47. The molecule has 132 valence electrons. The second-order valence-electron chi connectivity index (χ2n) is 7.36. The highest BCUT2D eigenvalue weighted by Gasteiger charge is 2.37. The molecule has 0 radical (unpaired) electrons. The van der Waals surface area contributed by atoms with Crippen molar-refractivity contribution in [2.75, 3.05) is 45.2 Å². The molecule has 0 bridgehead atoms. The molecule has 0 atom stereocenters. The van der Waals surface area contributed by atoms with Gasteiger partial charge in [-0.1, -0.05) is 0 Å². The van der Waals surface area contributed by atoms with E-state index in [4.69, 9.17) is 4.74 Å². The van der Waals surface area contributed by atoms with Crippen LogP contribution in [0.4, 0.5) is 11.4 Å². The number of benzene rings is 1. The number of ether oxygens (including phenoxy) is 1. The summed E-state index contributed by atoms with van der Waals surface area (Å²) in [5.74, 6) is 0.347. The molecule has 6 nitrogen and oxygen atoms in total. The van der Waals surface area contributed by atoms with Crippen LogP contribution >= 0.6 is 0 Å². The zero-order chi connectivity index (χ0) is 17.3. The van der Waals surface area contributed by atoms with Crippen molar-refractivity contribution in [1.82, 2.24) is 4.90 Å². The highest BCUT2D eigenvalue weighted by atomic mass is 16.6. The van der Waals surface area contributed by atoms with Crippen molar-refractivity contribution in [1.29, 1.82) is 0 Å². The van der Waals surface area contributed by atoms with E-state index in [2.05, 4.69) is 16.8 Å². The average molecular weight is 333 g/mol. The lowest BCUT2D eigenvalue weighted by Crippen LogP contribution is -2.46. The van der Waals surface area contributed by atoms with Crippen molar-refractivity contribution < 1.29 is 9.66 Å². The van der Waals surface area contributed by atoms with Crippen molar-refractivity contribution in [3.05, 3.63) is 27.8 Å². The summed E-state index contributed by atoms with van der Waals surface area (Å²) in [6.45, 7) is 6.38. The Kier molecular flexibility index (Phi) is 4.67. The normalized spacial score (nSPS) is 21.0. The van der Waals surface area contributed by atoms with Crippen LogP contribution in [-0.4, -0.2) is 50.2 Å². The summed E-state index contributed by atoms with van der Waals surface area (Å²) >= 11 is 0. The third-order valence-electron chi connectivity index (χ3n) is 5.91. The fourth-order valence-corrected chi connectivity index (χ4v) is 4.12. The van der Waals surface area contributed by atoms with Crippen molar-refractivity contribution in [2.45, 2.75) is 32.6 Å².